The third kappa shape index (κ3) is 2.09. The molecule has 0 saturated carbocycles. The van der Waals surface area contributed by atoms with Crippen LogP contribution >= 0.6 is 11.6 Å². The van der Waals surface area contributed by atoms with Crippen molar-refractivity contribution in [2.75, 3.05) is 6.54 Å². The van der Waals surface area contributed by atoms with Crippen molar-refractivity contribution in [3.63, 3.8) is 0 Å². The highest BCUT2D eigenvalue weighted by Crippen LogP contribution is 2.28. The summed E-state index contributed by atoms with van der Waals surface area (Å²) in [7, 11) is 0. The minimum Gasteiger partial charge on any atom is -0.506 e. The molecule has 4 N–H and O–H groups in total. The summed E-state index contributed by atoms with van der Waals surface area (Å²) in [5.74, 6) is -1.08. The summed E-state index contributed by atoms with van der Waals surface area (Å²) in [5.41, 5.74) is 5.13. The van der Waals surface area contributed by atoms with Crippen LogP contribution in [0.25, 0.3) is 0 Å². The van der Waals surface area contributed by atoms with Crippen molar-refractivity contribution in [2.24, 2.45) is 5.73 Å². The summed E-state index contributed by atoms with van der Waals surface area (Å²) >= 11 is 5.52. The van der Waals surface area contributed by atoms with Gasteiger partial charge in [0.1, 0.15) is 11.6 Å². The van der Waals surface area contributed by atoms with E-state index in [0.717, 1.165) is 12.1 Å². The normalized spacial score (nSPS) is 12.9. The molecule has 1 rings (SSSR count). The number of halogens is 2. The fraction of sp³-hybridized carbons (Fsp3) is 0.250. The molecule has 1 aromatic rings. The van der Waals surface area contributed by atoms with Gasteiger partial charge < -0.3 is 15.9 Å². The number of phenols is 1. The molecule has 5 heteroatoms. The van der Waals surface area contributed by atoms with Gasteiger partial charge in [0.05, 0.1) is 11.1 Å². The Kier molecular flexibility index (Phi) is 3.08. The van der Waals surface area contributed by atoms with Crippen LogP contribution in [0.2, 0.25) is 5.02 Å². The monoisotopic (exact) mass is 205 g/mol. The van der Waals surface area contributed by atoms with Gasteiger partial charge in [0, 0.05) is 18.2 Å². The zero-order chi connectivity index (χ0) is 10.0. The van der Waals surface area contributed by atoms with E-state index in [0.29, 0.717) is 0 Å². The van der Waals surface area contributed by atoms with Crippen molar-refractivity contribution >= 4 is 11.6 Å². The average Bonchev–Trinajstić information content (AvgIpc) is 2.10. The summed E-state index contributed by atoms with van der Waals surface area (Å²) in [4.78, 5) is 0. The lowest BCUT2D eigenvalue weighted by molar-refractivity contribution is 0.181. The molecule has 0 aromatic heterocycles. The molecule has 13 heavy (non-hydrogen) atoms. The van der Waals surface area contributed by atoms with Crippen LogP contribution in [0.4, 0.5) is 4.39 Å². The third-order valence-corrected chi connectivity index (χ3v) is 1.95. The van der Waals surface area contributed by atoms with Crippen molar-refractivity contribution in [3.05, 3.63) is 28.5 Å². The van der Waals surface area contributed by atoms with E-state index in [9.17, 15) is 9.50 Å². The smallest absolute Gasteiger partial charge is 0.137 e. The average molecular weight is 206 g/mol. The van der Waals surface area contributed by atoms with Crippen LogP contribution in [0.5, 0.6) is 5.75 Å². The van der Waals surface area contributed by atoms with Gasteiger partial charge in [-0.2, -0.15) is 0 Å². The highest BCUT2D eigenvalue weighted by atomic mass is 35.5. The van der Waals surface area contributed by atoms with Crippen molar-refractivity contribution in [2.45, 2.75) is 6.10 Å². The summed E-state index contributed by atoms with van der Waals surface area (Å²) in [5, 5.41) is 18.2. The molecular weight excluding hydrogens is 197 g/mol. The van der Waals surface area contributed by atoms with Gasteiger partial charge in [0.15, 0.2) is 0 Å². The Bertz CT molecular complexity index is 319. The molecule has 0 aliphatic rings. The number of aliphatic hydroxyl groups is 1. The summed E-state index contributed by atoms with van der Waals surface area (Å²) in [6, 6.07) is 2.00. The molecule has 0 bridgehead atoms. The van der Waals surface area contributed by atoms with Crippen LogP contribution in [-0.2, 0) is 0 Å². The summed E-state index contributed by atoms with van der Waals surface area (Å²) in [6.45, 7) is -0.0992. The SMILES string of the molecule is NCC(O)c1cc(Cl)c(O)cc1F. The van der Waals surface area contributed by atoms with Crippen LogP contribution in [0.1, 0.15) is 11.7 Å². The van der Waals surface area contributed by atoms with Crippen LogP contribution in [0.15, 0.2) is 12.1 Å². The number of hydrogen-bond acceptors (Lipinski definition) is 3. The number of rotatable bonds is 2. The molecule has 1 atom stereocenters. The molecule has 1 aromatic carbocycles. The molecule has 0 saturated heterocycles. The van der Waals surface area contributed by atoms with Crippen molar-refractivity contribution < 1.29 is 14.6 Å². The number of nitrogens with two attached hydrogens (primary N) is 1. The van der Waals surface area contributed by atoms with Gasteiger partial charge in [-0.15, -0.1) is 0 Å². The first-order valence-electron chi connectivity index (χ1n) is 3.62. The Labute approximate surface area is 79.6 Å². The lowest BCUT2D eigenvalue weighted by Gasteiger charge is -2.10. The maximum atomic E-state index is 13.0. The van der Waals surface area contributed by atoms with Crippen molar-refractivity contribution in [1.82, 2.24) is 0 Å². The van der Waals surface area contributed by atoms with E-state index < -0.39 is 11.9 Å². The molecule has 72 valence electrons. The molecule has 0 heterocycles. The molecule has 3 nitrogen and oxygen atoms in total. The first-order valence-corrected chi connectivity index (χ1v) is 4.00. The number of aliphatic hydroxyl groups excluding tert-OH is 1. The molecule has 0 aliphatic carbocycles. The molecule has 1 unspecified atom stereocenters. The second-order valence-electron chi connectivity index (χ2n) is 2.58. The highest BCUT2D eigenvalue weighted by Gasteiger charge is 2.13. The molecule has 0 spiro atoms. The van der Waals surface area contributed by atoms with Gasteiger partial charge >= 0.3 is 0 Å². The maximum absolute atomic E-state index is 13.0. The Morgan fingerprint density at radius 1 is 1.54 bits per heavy atom. The van der Waals surface area contributed by atoms with E-state index in [1.807, 2.05) is 0 Å². The zero-order valence-electron chi connectivity index (χ0n) is 6.67. The van der Waals surface area contributed by atoms with Gasteiger partial charge in [-0.25, -0.2) is 4.39 Å². The fourth-order valence-corrected chi connectivity index (χ4v) is 1.11. The number of aromatic hydroxyl groups is 1. The quantitative estimate of drug-likeness (QED) is 0.679. The maximum Gasteiger partial charge on any atom is 0.137 e. The predicted octanol–water partition coefficient (Wildman–Crippen LogP) is 1.18. The first kappa shape index (κ1) is 10.2. The predicted molar refractivity (Wildman–Crippen MR) is 47.1 cm³/mol. The van der Waals surface area contributed by atoms with E-state index in [1.165, 1.54) is 0 Å². The Morgan fingerprint density at radius 2 is 2.15 bits per heavy atom. The topological polar surface area (TPSA) is 66.5 Å². The molecular formula is C8H9ClFNO2. The molecule has 0 amide bonds. The number of hydrogen-bond donors (Lipinski definition) is 3. The van der Waals surface area contributed by atoms with E-state index in [-0.39, 0.29) is 22.9 Å². The summed E-state index contributed by atoms with van der Waals surface area (Å²) in [6.07, 6.45) is -1.10. The van der Waals surface area contributed by atoms with Crippen molar-refractivity contribution in [1.29, 1.82) is 0 Å². The van der Waals surface area contributed by atoms with Gasteiger partial charge in [-0.3, -0.25) is 0 Å². The molecule has 0 fully saturated rings. The fourth-order valence-electron chi connectivity index (χ4n) is 0.934. The number of phenolic OH excluding ortho intramolecular Hbond substituents is 1. The van der Waals surface area contributed by atoms with Gasteiger partial charge in [0.2, 0.25) is 0 Å². The Morgan fingerprint density at radius 3 is 2.69 bits per heavy atom. The standard InChI is InChI=1S/C8H9ClFNO2/c9-5-1-4(8(13)3-11)6(10)2-7(5)12/h1-2,8,12-13H,3,11H2. The second-order valence-corrected chi connectivity index (χ2v) is 2.98. The van der Waals surface area contributed by atoms with Crippen LogP contribution in [0.3, 0.4) is 0 Å². The van der Waals surface area contributed by atoms with Crippen LogP contribution < -0.4 is 5.73 Å². The van der Waals surface area contributed by atoms with Crippen molar-refractivity contribution in [3.8, 4) is 5.75 Å². The largest absolute Gasteiger partial charge is 0.506 e. The lowest BCUT2D eigenvalue weighted by atomic mass is 10.1. The zero-order valence-corrected chi connectivity index (χ0v) is 7.42. The molecule has 0 aliphatic heterocycles. The molecule has 0 radical (unpaired) electrons. The first-order chi connectivity index (χ1) is 6.06. The van der Waals surface area contributed by atoms with Gasteiger partial charge in [0.25, 0.3) is 0 Å². The summed E-state index contributed by atoms with van der Waals surface area (Å²) < 4.78 is 13.0. The van der Waals surface area contributed by atoms with Crippen LogP contribution in [-0.4, -0.2) is 16.8 Å². The van der Waals surface area contributed by atoms with E-state index in [1.54, 1.807) is 0 Å². The lowest BCUT2D eigenvalue weighted by Crippen LogP contribution is -2.12. The minimum absolute atomic E-state index is 0.00898. The Hall–Kier alpha value is -0.840. The van der Waals surface area contributed by atoms with Crippen LogP contribution in [0, 0.1) is 5.82 Å². The highest BCUT2D eigenvalue weighted by molar-refractivity contribution is 6.32. The second kappa shape index (κ2) is 3.91. The third-order valence-electron chi connectivity index (χ3n) is 1.65. The minimum atomic E-state index is -1.10. The van der Waals surface area contributed by atoms with Gasteiger partial charge in [-0.1, -0.05) is 11.6 Å². The van der Waals surface area contributed by atoms with E-state index in [2.05, 4.69) is 0 Å². The number of benzene rings is 1. The van der Waals surface area contributed by atoms with E-state index in [4.69, 9.17) is 22.4 Å². The Balaban J connectivity index is 3.15. The van der Waals surface area contributed by atoms with Gasteiger partial charge in [-0.05, 0) is 6.07 Å². The van der Waals surface area contributed by atoms with E-state index >= 15 is 0 Å².